The average molecular weight is 470 g/mol. The summed E-state index contributed by atoms with van der Waals surface area (Å²) < 4.78 is 38.6. The number of amides is 1. The Hall–Kier alpha value is -3.98. The van der Waals surface area contributed by atoms with Gasteiger partial charge in [-0.25, -0.2) is 9.97 Å². The highest BCUT2D eigenvalue weighted by molar-refractivity contribution is 6.33. The minimum atomic E-state index is -4.57. The molecule has 0 spiro atoms. The van der Waals surface area contributed by atoms with Gasteiger partial charge in [0.05, 0.1) is 11.9 Å². The normalized spacial score (nSPS) is 11.2. The highest BCUT2D eigenvalue weighted by Crippen LogP contribution is 2.30. The summed E-state index contributed by atoms with van der Waals surface area (Å²) in [7, 11) is 0. The first-order valence-electron chi connectivity index (χ1n) is 9.58. The summed E-state index contributed by atoms with van der Waals surface area (Å²) in [5.41, 5.74) is 1.15. The number of aromatic nitrogens is 3. The van der Waals surface area contributed by atoms with Crippen LogP contribution in [0.2, 0.25) is 5.02 Å². The molecule has 0 saturated carbocycles. The number of carbonyl (C=O) groups is 1. The summed E-state index contributed by atoms with van der Waals surface area (Å²) in [6.07, 6.45) is -0.0821. The number of carbonyl (C=O) groups excluding carboxylic acids is 1. The second kappa shape index (κ2) is 9.25. The monoisotopic (exact) mass is 469 g/mol. The molecule has 4 rings (SSSR count). The number of alkyl halides is 3. The number of nitrogens with zero attached hydrogens (tertiary/aromatic N) is 3. The van der Waals surface area contributed by atoms with Crippen LogP contribution in [0.25, 0.3) is 11.1 Å². The molecule has 0 fully saturated rings. The molecule has 6 nitrogen and oxygen atoms in total. The first-order valence-corrected chi connectivity index (χ1v) is 9.96. The summed E-state index contributed by atoms with van der Waals surface area (Å²) in [5.74, 6) is -0.334. The minimum absolute atomic E-state index is 0.0495. The van der Waals surface area contributed by atoms with E-state index in [1.165, 1.54) is 36.7 Å². The van der Waals surface area contributed by atoms with Gasteiger partial charge in [0.15, 0.2) is 0 Å². The van der Waals surface area contributed by atoms with E-state index in [0.717, 1.165) is 17.2 Å². The van der Waals surface area contributed by atoms with Crippen molar-refractivity contribution in [2.24, 2.45) is 0 Å². The van der Waals surface area contributed by atoms with E-state index < -0.39 is 17.8 Å². The van der Waals surface area contributed by atoms with Gasteiger partial charge in [-0.1, -0.05) is 35.9 Å². The molecule has 1 amide bonds. The molecule has 0 aliphatic rings. The lowest BCUT2D eigenvalue weighted by Gasteiger charge is -2.11. The van der Waals surface area contributed by atoms with Crippen LogP contribution in [0.15, 0.2) is 79.3 Å². The molecule has 3 heterocycles. The molecule has 0 aliphatic carbocycles. The van der Waals surface area contributed by atoms with Crippen molar-refractivity contribution in [2.75, 3.05) is 10.6 Å². The standard InChI is InChI=1S/C23H15ClF3N5O/c24-18-5-2-1-4-17(18)15-10-16(13-28-12-15)30-22(33)14-8-9-29-21(11-14)32-20-7-3-6-19(31-20)23(25,26)27/h1-13H,(H,30,33)(H,29,31,32). The van der Waals surface area contributed by atoms with Gasteiger partial charge in [0.1, 0.15) is 17.3 Å². The maximum absolute atomic E-state index is 12.9. The van der Waals surface area contributed by atoms with Gasteiger partial charge in [0.25, 0.3) is 5.91 Å². The maximum atomic E-state index is 12.9. The third kappa shape index (κ3) is 5.45. The molecule has 3 aromatic heterocycles. The molecule has 0 saturated heterocycles. The zero-order valence-electron chi connectivity index (χ0n) is 16.8. The Balaban J connectivity index is 1.51. The molecule has 2 N–H and O–H groups in total. The first-order chi connectivity index (χ1) is 15.8. The highest BCUT2D eigenvalue weighted by Gasteiger charge is 2.32. The summed E-state index contributed by atoms with van der Waals surface area (Å²) in [6, 6.07) is 15.3. The van der Waals surface area contributed by atoms with E-state index in [-0.39, 0.29) is 17.2 Å². The van der Waals surface area contributed by atoms with E-state index >= 15 is 0 Å². The Morgan fingerprint density at radius 2 is 1.76 bits per heavy atom. The SMILES string of the molecule is O=C(Nc1cncc(-c2ccccc2Cl)c1)c1ccnc(Nc2cccc(C(F)(F)F)n2)c1. The Labute approximate surface area is 191 Å². The third-order valence-corrected chi connectivity index (χ3v) is 4.83. The lowest BCUT2D eigenvalue weighted by molar-refractivity contribution is -0.141. The molecule has 166 valence electrons. The molecule has 4 aromatic rings. The van der Waals surface area contributed by atoms with E-state index in [2.05, 4.69) is 25.6 Å². The summed E-state index contributed by atoms with van der Waals surface area (Å²) >= 11 is 6.23. The molecule has 0 radical (unpaired) electrons. The number of nitrogens with one attached hydrogen (secondary N) is 2. The predicted molar refractivity (Wildman–Crippen MR) is 119 cm³/mol. The third-order valence-electron chi connectivity index (χ3n) is 4.50. The zero-order chi connectivity index (χ0) is 23.4. The number of anilines is 3. The fraction of sp³-hybridized carbons (Fsp3) is 0.0435. The van der Waals surface area contributed by atoms with E-state index in [4.69, 9.17) is 11.6 Å². The maximum Gasteiger partial charge on any atom is 0.433 e. The molecule has 10 heteroatoms. The largest absolute Gasteiger partial charge is 0.433 e. The number of benzene rings is 1. The van der Waals surface area contributed by atoms with Gasteiger partial charge in [-0.2, -0.15) is 13.2 Å². The van der Waals surface area contributed by atoms with Crippen LogP contribution in [0, 0.1) is 0 Å². The Kier molecular flexibility index (Phi) is 6.23. The van der Waals surface area contributed by atoms with Crippen molar-refractivity contribution >= 4 is 34.8 Å². The van der Waals surface area contributed by atoms with Crippen molar-refractivity contribution in [3.63, 3.8) is 0 Å². The van der Waals surface area contributed by atoms with Crippen LogP contribution in [0.3, 0.4) is 0 Å². The lowest BCUT2D eigenvalue weighted by Crippen LogP contribution is -2.13. The second-order valence-corrected chi connectivity index (χ2v) is 7.26. The second-order valence-electron chi connectivity index (χ2n) is 6.86. The average Bonchev–Trinajstić information content (AvgIpc) is 2.79. The van der Waals surface area contributed by atoms with Crippen LogP contribution in [0.4, 0.5) is 30.5 Å². The lowest BCUT2D eigenvalue weighted by atomic mass is 10.1. The molecule has 0 aliphatic heterocycles. The number of rotatable bonds is 5. The van der Waals surface area contributed by atoms with Crippen molar-refractivity contribution in [2.45, 2.75) is 6.18 Å². The number of hydrogen-bond acceptors (Lipinski definition) is 5. The molecule has 0 unspecified atom stereocenters. The number of halogens is 4. The summed E-state index contributed by atoms with van der Waals surface area (Å²) in [5, 5.41) is 5.98. The van der Waals surface area contributed by atoms with E-state index in [0.29, 0.717) is 10.7 Å². The quantitative estimate of drug-likeness (QED) is 0.363. The molecule has 0 bridgehead atoms. The number of hydrogen-bond donors (Lipinski definition) is 2. The topological polar surface area (TPSA) is 79.8 Å². The fourth-order valence-corrected chi connectivity index (χ4v) is 3.23. The Morgan fingerprint density at radius 3 is 2.55 bits per heavy atom. The van der Waals surface area contributed by atoms with Gasteiger partial charge >= 0.3 is 6.18 Å². The summed E-state index contributed by atoms with van der Waals surface area (Å²) in [4.78, 5) is 24.5. The Morgan fingerprint density at radius 1 is 0.939 bits per heavy atom. The minimum Gasteiger partial charge on any atom is -0.325 e. The van der Waals surface area contributed by atoms with Gasteiger partial charge in [0.2, 0.25) is 0 Å². The molecular weight excluding hydrogens is 455 g/mol. The molecule has 33 heavy (non-hydrogen) atoms. The molecular formula is C23H15ClF3N5O. The van der Waals surface area contributed by atoms with Crippen LogP contribution in [-0.2, 0) is 6.18 Å². The summed E-state index contributed by atoms with van der Waals surface area (Å²) in [6.45, 7) is 0. The van der Waals surface area contributed by atoms with Crippen molar-refractivity contribution in [1.29, 1.82) is 0 Å². The predicted octanol–water partition coefficient (Wildman–Crippen LogP) is 6.21. The van der Waals surface area contributed by atoms with Crippen molar-refractivity contribution < 1.29 is 18.0 Å². The van der Waals surface area contributed by atoms with Crippen LogP contribution in [-0.4, -0.2) is 20.9 Å². The van der Waals surface area contributed by atoms with Gasteiger partial charge in [-0.3, -0.25) is 9.78 Å². The fourth-order valence-electron chi connectivity index (χ4n) is 2.99. The molecule has 0 atom stereocenters. The van der Waals surface area contributed by atoms with E-state index in [9.17, 15) is 18.0 Å². The van der Waals surface area contributed by atoms with Crippen molar-refractivity contribution in [3.8, 4) is 11.1 Å². The van der Waals surface area contributed by atoms with Crippen LogP contribution < -0.4 is 10.6 Å². The van der Waals surface area contributed by atoms with Crippen LogP contribution >= 0.6 is 11.6 Å². The van der Waals surface area contributed by atoms with Crippen molar-refractivity contribution in [1.82, 2.24) is 15.0 Å². The zero-order valence-corrected chi connectivity index (χ0v) is 17.5. The van der Waals surface area contributed by atoms with Crippen molar-refractivity contribution in [3.05, 3.63) is 95.5 Å². The van der Waals surface area contributed by atoms with E-state index in [1.807, 2.05) is 18.2 Å². The van der Waals surface area contributed by atoms with Gasteiger partial charge < -0.3 is 10.6 Å². The first kappa shape index (κ1) is 22.2. The highest BCUT2D eigenvalue weighted by atomic mass is 35.5. The Bertz CT molecular complexity index is 1310. The van der Waals surface area contributed by atoms with Crippen LogP contribution in [0.1, 0.15) is 16.1 Å². The smallest absolute Gasteiger partial charge is 0.325 e. The molecule has 1 aromatic carbocycles. The van der Waals surface area contributed by atoms with E-state index in [1.54, 1.807) is 18.3 Å². The van der Waals surface area contributed by atoms with Gasteiger partial charge in [-0.05, 0) is 36.4 Å². The number of pyridine rings is 3. The van der Waals surface area contributed by atoms with Gasteiger partial charge in [-0.15, -0.1) is 0 Å². The van der Waals surface area contributed by atoms with Crippen LogP contribution in [0.5, 0.6) is 0 Å². The van der Waals surface area contributed by atoms with Gasteiger partial charge in [0, 0.05) is 34.1 Å².